The number of ketones is 1. The quantitative estimate of drug-likeness (QED) is 0.0603. The predicted molar refractivity (Wildman–Crippen MR) is 264 cm³/mol. The second-order valence-electron chi connectivity index (χ2n) is 16.1. The molecule has 1 aliphatic heterocycles. The summed E-state index contributed by atoms with van der Waals surface area (Å²) in [4.78, 5) is 14.0. The van der Waals surface area contributed by atoms with Crippen LogP contribution in [0.2, 0.25) is 0 Å². The van der Waals surface area contributed by atoms with Gasteiger partial charge in [0.25, 0.3) is 0 Å². The minimum atomic E-state index is -0.272. The second-order valence-corrected chi connectivity index (χ2v) is 19.5. The topological polar surface area (TPSA) is 76.3 Å². The van der Waals surface area contributed by atoms with Crippen molar-refractivity contribution < 1.29 is 28.5 Å². The van der Waals surface area contributed by atoms with E-state index in [9.17, 15) is 9.90 Å². The Hall–Kier alpha value is -4.16. The van der Waals surface area contributed by atoms with E-state index in [1.807, 2.05) is 109 Å². The fourth-order valence-electron chi connectivity index (χ4n) is 6.88. The lowest BCUT2D eigenvalue weighted by Gasteiger charge is -2.23. The van der Waals surface area contributed by atoms with E-state index in [2.05, 4.69) is 91.4 Å². The van der Waals surface area contributed by atoms with Crippen molar-refractivity contribution in [3.05, 3.63) is 183 Å². The molecule has 10 heteroatoms. The summed E-state index contributed by atoms with van der Waals surface area (Å²) in [7, 11) is 0. The third-order valence-electron chi connectivity index (χ3n) is 10.4. The molecule has 0 atom stereocenters. The Labute approximate surface area is 397 Å². The van der Waals surface area contributed by atoms with Crippen LogP contribution in [0.4, 0.5) is 0 Å². The number of allylic oxidation sites excluding steroid dienone is 6. The molecule has 318 valence electrons. The van der Waals surface area contributed by atoms with Gasteiger partial charge in [0.1, 0.15) is 17.3 Å². The van der Waals surface area contributed by atoms with E-state index in [1.165, 1.54) is 0 Å². The highest BCUT2D eigenvalue weighted by Crippen LogP contribution is 2.40. The van der Waals surface area contributed by atoms with Gasteiger partial charge >= 0.3 is 11.5 Å². The third kappa shape index (κ3) is 11.3. The van der Waals surface area contributed by atoms with Crippen LogP contribution in [-0.2, 0) is 32.2 Å². The van der Waals surface area contributed by atoms with Gasteiger partial charge in [-0.05, 0) is 171 Å². The molecule has 1 aliphatic carbocycles. The van der Waals surface area contributed by atoms with E-state index in [0.717, 1.165) is 64.1 Å². The molecule has 0 unspecified atom stereocenters. The molecule has 0 bridgehead atoms. The van der Waals surface area contributed by atoms with Gasteiger partial charge in [-0.3, -0.25) is 4.79 Å². The van der Waals surface area contributed by atoms with Gasteiger partial charge in [-0.1, -0.05) is 76.2 Å². The second kappa shape index (κ2) is 21.0. The summed E-state index contributed by atoms with van der Waals surface area (Å²) in [6, 6.07) is 31.6. The lowest BCUT2D eigenvalue weighted by atomic mass is 9.85. The zero-order chi connectivity index (χ0) is 43.9. The van der Waals surface area contributed by atoms with Crippen molar-refractivity contribution in [3.8, 4) is 22.6 Å². The van der Waals surface area contributed by atoms with Gasteiger partial charge in [-0.2, -0.15) is 0 Å². The number of benzene rings is 4. The Balaban J connectivity index is 1.27. The molecule has 6 nitrogen and oxygen atoms in total. The lowest BCUT2D eigenvalue weighted by molar-refractivity contribution is -0.113. The Morgan fingerprint density at radius 1 is 0.645 bits per heavy atom. The predicted octanol–water partition coefficient (Wildman–Crippen LogP) is 15.9. The normalized spacial score (nSPS) is 15.4. The first kappa shape index (κ1) is 45.9. The number of aliphatic hydroxyl groups excluding tert-OH is 1. The minimum absolute atomic E-state index is 0.0848. The third-order valence-corrected chi connectivity index (χ3v) is 14.2. The van der Waals surface area contributed by atoms with Crippen molar-refractivity contribution in [1.29, 1.82) is 0 Å². The fourth-order valence-corrected chi connectivity index (χ4v) is 8.13. The van der Waals surface area contributed by atoms with Crippen LogP contribution >= 0.6 is 63.7 Å². The Kier molecular flexibility index (Phi) is 15.5. The highest BCUT2D eigenvalue weighted by Gasteiger charge is 2.33. The van der Waals surface area contributed by atoms with Gasteiger partial charge in [0, 0.05) is 42.2 Å². The van der Waals surface area contributed by atoms with Gasteiger partial charge in [0.15, 0.2) is 0 Å². The molecule has 1 aromatic heterocycles. The first-order valence-corrected chi connectivity index (χ1v) is 23.8. The van der Waals surface area contributed by atoms with Crippen molar-refractivity contribution in [3.63, 3.8) is 0 Å². The summed E-state index contributed by atoms with van der Waals surface area (Å²) in [5.74, 6) is 3.14. The molecular formula is C52H47Br4O6+. The molecule has 0 saturated carbocycles. The molecule has 5 aromatic rings. The minimum Gasteiger partial charge on any atom is -0.506 e. The number of rotatable bonds is 16. The molecule has 0 spiro atoms. The Morgan fingerprint density at radius 2 is 1.19 bits per heavy atom. The number of carbonyl (C=O) groups is 1. The van der Waals surface area contributed by atoms with E-state index in [1.54, 1.807) is 12.2 Å². The average Bonchev–Trinajstić information content (AvgIpc) is 3.26. The summed E-state index contributed by atoms with van der Waals surface area (Å²) in [5.41, 5.74) is 7.22. The van der Waals surface area contributed by atoms with Crippen molar-refractivity contribution in [2.75, 3.05) is 13.2 Å². The molecule has 0 amide bonds. The zero-order valence-electron chi connectivity index (χ0n) is 34.9. The summed E-state index contributed by atoms with van der Waals surface area (Å²) >= 11 is 14.4. The van der Waals surface area contributed by atoms with Gasteiger partial charge < -0.3 is 19.3 Å². The average molecular weight is 1090 g/mol. The molecule has 4 aromatic carbocycles. The monoisotopic (exact) mass is 1080 g/mol. The maximum atomic E-state index is 14.0. The van der Waals surface area contributed by atoms with E-state index in [0.29, 0.717) is 72.4 Å². The molecule has 0 radical (unpaired) electrons. The molecule has 0 saturated heterocycles. The van der Waals surface area contributed by atoms with E-state index >= 15 is 0 Å². The van der Waals surface area contributed by atoms with E-state index < -0.39 is 0 Å². The first-order valence-electron chi connectivity index (χ1n) is 20.6. The van der Waals surface area contributed by atoms with Crippen molar-refractivity contribution >= 4 is 87.1 Å². The summed E-state index contributed by atoms with van der Waals surface area (Å²) < 4.78 is 28.9. The van der Waals surface area contributed by atoms with E-state index in [-0.39, 0.29) is 22.7 Å². The fraction of sp³-hybridized carbons (Fsp3) is 0.231. The zero-order valence-corrected chi connectivity index (χ0v) is 41.3. The highest BCUT2D eigenvalue weighted by molar-refractivity contribution is 9.13. The molecule has 62 heavy (non-hydrogen) atoms. The van der Waals surface area contributed by atoms with Gasteiger partial charge in [0.2, 0.25) is 5.78 Å². The summed E-state index contributed by atoms with van der Waals surface area (Å²) in [6.07, 6.45) is 9.16. The van der Waals surface area contributed by atoms with Crippen LogP contribution in [0.5, 0.6) is 0 Å². The van der Waals surface area contributed by atoms with Crippen LogP contribution in [0.15, 0.2) is 160 Å². The maximum Gasteiger partial charge on any atom is 0.361 e. The number of hydrogen-bond donors (Lipinski definition) is 1. The maximum absolute atomic E-state index is 14.0. The van der Waals surface area contributed by atoms with Crippen molar-refractivity contribution in [2.45, 2.75) is 53.8 Å². The van der Waals surface area contributed by atoms with Crippen LogP contribution in [-0.4, -0.2) is 24.1 Å². The molecule has 7 rings (SSSR count). The van der Waals surface area contributed by atoms with Crippen LogP contribution in [0.3, 0.4) is 0 Å². The highest BCUT2D eigenvalue weighted by atomic mass is 79.9. The SMILES string of the molecule is CC(C)CCOCc1ccccc1C1=CC(=CC2=C(O)C(=Cc3cc(-c4ccc(Br)c(Br)c4)[o+]c(-c4ccccc4COCCC(C)C)c3)C2=O)C=C(c2ccc(Br)c(Br)c2)O1. The van der Waals surface area contributed by atoms with Crippen LogP contribution in [0.1, 0.15) is 68.4 Å². The molecule has 0 fully saturated rings. The standard InChI is InChI=1S/C52H46Br4O6/c1-31(2)17-19-59-29-37-9-5-7-11-39(37)49-25-33(23-47(61-49)35-13-15-43(53)45(55)27-35)21-41-51(57)42(52(41)58)22-34-24-48(36-14-16-44(54)46(56)28-36)62-50(26-34)40-12-8-6-10-38(40)30-60-20-18-32(3)4/h5-16,21-28,31-32H,17-20,29-30H2,1-4H3/p+1. The molecule has 2 heterocycles. The van der Waals surface area contributed by atoms with Crippen LogP contribution in [0.25, 0.3) is 40.2 Å². The molecular weight excluding hydrogens is 1040 g/mol. The van der Waals surface area contributed by atoms with Gasteiger partial charge in [-0.15, -0.1) is 0 Å². The number of ether oxygens (including phenoxy) is 3. The lowest BCUT2D eigenvalue weighted by Crippen LogP contribution is -2.21. The van der Waals surface area contributed by atoms with Gasteiger partial charge in [-0.25, -0.2) is 4.42 Å². The smallest absolute Gasteiger partial charge is 0.361 e. The Morgan fingerprint density at radius 3 is 1.81 bits per heavy atom. The van der Waals surface area contributed by atoms with Crippen molar-refractivity contribution in [2.24, 2.45) is 11.8 Å². The van der Waals surface area contributed by atoms with Crippen LogP contribution < -0.4 is 0 Å². The van der Waals surface area contributed by atoms with E-state index in [4.69, 9.17) is 18.6 Å². The van der Waals surface area contributed by atoms with Crippen LogP contribution in [0, 0.1) is 11.8 Å². The summed E-state index contributed by atoms with van der Waals surface area (Å²) in [5, 5.41) is 11.6. The van der Waals surface area contributed by atoms with Gasteiger partial charge in [0.05, 0.1) is 47.6 Å². The largest absolute Gasteiger partial charge is 0.506 e. The summed E-state index contributed by atoms with van der Waals surface area (Å²) in [6.45, 7) is 10.9. The number of hydrogen-bond acceptors (Lipinski definition) is 5. The van der Waals surface area contributed by atoms with Crippen molar-refractivity contribution in [1.82, 2.24) is 0 Å². The number of carbonyl (C=O) groups excluding carboxylic acids is 1. The number of Topliss-reactive ketones (excluding diaryl/α,β-unsaturated/α-hetero) is 1. The first-order chi connectivity index (χ1) is 29.8. The molecule has 1 N–H and O–H groups in total. The number of aliphatic hydroxyl groups is 1. The molecule has 2 aliphatic rings. The number of halogens is 4. The Bertz CT molecular complexity index is 2650.